The summed E-state index contributed by atoms with van der Waals surface area (Å²) in [7, 11) is 1.67. The van der Waals surface area contributed by atoms with Gasteiger partial charge in [0.2, 0.25) is 5.91 Å². The monoisotopic (exact) mass is 364 g/mol. The maximum atomic E-state index is 11.6. The van der Waals surface area contributed by atoms with Gasteiger partial charge < -0.3 is 10.1 Å². The van der Waals surface area contributed by atoms with Gasteiger partial charge in [-0.25, -0.2) is 0 Å². The number of carbonyl (C=O) groups excluding carboxylic acids is 1. The van der Waals surface area contributed by atoms with Crippen LogP contribution in [0.5, 0.6) is 5.75 Å². The summed E-state index contributed by atoms with van der Waals surface area (Å²) in [6.45, 7) is 6.37. The number of nitrogens with zero attached hydrogens (tertiary/aromatic N) is 1. The van der Waals surface area contributed by atoms with Gasteiger partial charge in [0.15, 0.2) is 0 Å². The van der Waals surface area contributed by atoms with Crippen LogP contribution >= 0.6 is 0 Å². The van der Waals surface area contributed by atoms with Crippen molar-refractivity contribution in [3.63, 3.8) is 0 Å². The van der Waals surface area contributed by atoms with Crippen LogP contribution in [0.4, 0.5) is 0 Å². The first-order valence-electron chi connectivity index (χ1n) is 9.42. The fourth-order valence-electron chi connectivity index (χ4n) is 3.65. The molecule has 0 aliphatic carbocycles. The number of methoxy groups -OCH3 is 1. The largest absolute Gasteiger partial charge is 0.497 e. The highest BCUT2D eigenvalue weighted by Crippen LogP contribution is 2.28. The van der Waals surface area contributed by atoms with Gasteiger partial charge in [-0.1, -0.05) is 54.1 Å². The Hall–Kier alpha value is -2.59. The van der Waals surface area contributed by atoms with Gasteiger partial charge in [-0.05, 0) is 30.2 Å². The summed E-state index contributed by atoms with van der Waals surface area (Å²) in [5.74, 6) is 1.22. The van der Waals surface area contributed by atoms with E-state index in [1.807, 2.05) is 12.1 Å². The fourth-order valence-corrected chi connectivity index (χ4v) is 3.65. The molecule has 1 heterocycles. The fraction of sp³-hybridized carbons (Fsp3) is 0.348. The molecule has 1 fully saturated rings. The molecule has 0 radical (unpaired) electrons. The molecule has 3 rings (SSSR count). The lowest BCUT2D eigenvalue weighted by atomic mass is 9.93. The van der Waals surface area contributed by atoms with Gasteiger partial charge >= 0.3 is 0 Å². The Kier molecular flexibility index (Phi) is 6.30. The number of aryl methyl sites for hydroxylation is 1. The van der Waals surface area contributed by atoms with E-state index in [1.165, 1.54) is 11.1 Å². The first-order valence-corrected chi connectivity index (χ1v) is 9.42. The van der Waals surface area contributed by atoms with Crippen LogP contribution in [-0.4, -0.2) is 43.6 Å². The zero-order chi connectivity index (χ0) is 19.2. The van der Waals surface area contributed by atoms with Crippen LogP contribution in [0.1, 0.15) is 29.5 Å². The molecule has 1 N–H and O–H groups in total. The first-order chi connectivity index (χ1) is 13.0. The van der Waals surface area contributed by atoms with Crippen molar-refractivity contribution >= 4 is 12.0 Å². The average Bonchev–Trinajstić information content (AvgIpc) is 3.05. The Morgan fingerprint density at radius 3 is 2.48 bits per heavy atom. The number of nitrogens with one attached hydrogen (secondary N) is 1. The third-order valence-corrected chi connectivity index (χ3v) is 5.08. The second-order valence-electron chi connectivity index (χ2n) is 7.22. The third-order valence-electron chi connectivity index (χ3n) is 5.08. The minimum atomic E-state index is 0.0349. The number of ether oxygens (including phenoxy) is 1. The minimum Gasteiger partial charge on any atom is -0.497 e. The van der Waals surface area contributed by atoms with Crippen molar-refractivity contribution in [2.24, 2.45) is 0 Å². The van der Waals surface area contributed by atoms with Gasteiger partial charge in [-0.3, -0.25) is 9.69 Å². The first kappa shape index (κ1) is 19.2. The quantitative estimate of drug-likeness (QED) is 0.851. The van der Waals surface area contributed by atoms with Gasteiger partial charge in [0, 0.05) is 38.5 Å². The number of hydrogen-bond donors (Lipinski definition) is 1. The molecular weight excluding hydrogens is 336 g/mol. The zero-order valence-corrected chi connectivity index (χ0v) is 16.3. The predicted octanol–water partition coefficient (Wildman–Crippen LogP) is 3.62. The smallest absolute Gasteiger partial charge is 0.217 e. The van der Waals surface area contributed by atoms with E-state index in [2.05, 4.69) is 65.7 Å². The lowest BCUT2D eigenvalue weighted by Crippen LogP contribution is -2.38. The van der Waals surface area contributed by atoms with E-state index in [1.54, 1.807) is 14.0 Å². The van der Waals surface area contributed by atoms with E-state index in [4.69, 9.17) is 4.74 Å². The van der Waals surface area contributed by atoms with Gasteiger partial charge in [0.25, 0.3) is 0 Å². The summed E-state index contributed by atoms with van der Waals surface area (Å²) < 4.78 is 5.19. The van der Waals surface area contributed by atoms with E-state index >= 15 is 0 Å². The Balaban J connectivity index is 1.64. The third kappa shape index (κ3) is 5.20. The molecule has 2 aromatic rings. The second-order valence-corrected chi connectivity index (χ2v) is 7.22. The summed E-state index contributed by atoms with van der Waals surface area (Å²) >= 11 is 0. The molecule has 0 spiro atoms. The summed E-state index contributed by atoms with van der Waals surface area (Å²) in [5, 5.41) is 3.14. The number of amides is 1. The van der Waals surface area contributed by atoms with Crippen LogP contribution in [0.15, 0.2) is 54.6 Å². The lowest BCUT2D eigenvalue weighted by molar-refractivity contribution is -0.119. The number of benzene rings is 2. The highest BCUT2D eigenvalue weighted by atomic mass is 16.5. The van der Waals surface area contributed by atoms with Crippen LogP contribution in [-0.2, 0) is 4.79 Å². The molecule has 4 nitrogen and oxygen atoms in total. The maximum absolute atomic E-state index is 11.6. The standard InChI is InChI=1S/C23H28N2O2/c1-17-6-10-20(11-7-17)22-15-25(16-23(22)24-18(2)26)14-4-5-19-8-12-21(27-3)13-9-19/h4-13,22-23H,14-16H2,1-3H3,(H,24,26)/t22-,23+/m0/s1. The molecular formula is C23H28N2O2. The molecule has 0 aromatic heterocycles. The van der Waals surface area contributed by atoms with Crippen LogP contribution in [0.2, 0.25) is 0 Å². The molecule has 0 saturated carbocycles. The summed E-state index contributed by atoms with van der Waals surface area (Å²) in [6.07, 6.45) is 4.32. The summed E-state index contributed by atoms with van der Waals surface area (Å²) in [5.41, 5.74) is 3.71. The Morgan fingerprint density at radius 2 is 1.85 bits per heavy atom. The molecule has 2 aromatic carbocycles. The number of carbonyl (C=O) groups is 1. The molecule has 1 saturated heterocycles. The lowest BCUT2D eigenvalue weighted by Gasteiger charge is -2.19. The normalized spacial score (nSPS) is 20.1. The van der Waals surface area contributed by atoms with Crippen LogP contribution < -0.4 is 10.1 Å². The van der Waals surface area contributed by atoms with E-state index in [0.29, 0.717) is 5.92 Å². The highest BCUT2D eigenvalue weighted by molar-refractivity contribution is 5.73. The molecule has 0 unspecified atom stereocenters. The van der Waals surface area contributed by atoms with E-state index < -0.39 is 0 Å². The molecule has 142 valence electrons. The highest BCUT2D eigenvalue weighted by Gasteiger charge is 2.33. The van der Waals surface area contributed by atoms with Gasteiger partial charge in [-0.15, -0.1) is 0 Å². The van der Waals surface area contributed by atoms with E-state index in [0.717, 1.165) is 30.9 Å². The Labute approximate surface area is 161 Å². The molecule has 1 aliphatic rings. The van der Waals surface area contributed by atoms with Crippen molar-refractivity contribution in [1.29, 1.82) is 0 Å². The van der Waals surface area contributed by atoms with Crippen molar-refractivity contribution in [3.8, 4) is 5.75 Å². The van der Waals surface area contributed by atoms with E-state index in [-0.39, 0.29) is 11.9 Å². The van der Waals surface area contributed by atoms with Gasteiger partial charge in [0.1, 0.15) is 5.75 Å². The minimum absolute atomic E-state index is 0.0349. The van der Waals surface area contributed by atoms with Crippen LogP contribution in [0.25, 0.3) is 6.08 Å². The Bertz CT molecular complexity index is 781. The second kappa shape index (κ2) is 8.87. The topological polar surface area (TPSA) is 41.6 Å². The summed E-state index contributed by atoms with van der Waals surface area (Å²) in [6, 6.07) is 16.9. The van der Waals surface area contributed by atoms with Gasteiger partial charge in [0.05, 0.1) is 7.11 Å². The molecule has 1 aliphatic heterocycles. The molecule has 4 heteroatoms. The Morgan fingerprint density at radius 1 is 1.15 bits per heavy atom. The van der Waals surface area contributed by atoms with Crippen molar-refractivity contribution in [3.05, 3.63) is 71.3 Å². The number of rotatable bonds is 6. The molecule has 2 atom stereocenters. The van der Waals surface area contributed by atoms with Crippen molar-refractivity contribution in [2.75, 3.05) is 26.7 Å². The predicted molar refractivity (Wildman–Crippen MR) is 110 cm³/mol. The molecule has 1 amide bonds. The van der Waals surface area contributed by atoms with Crippen molar-refractivity contribution in [2.45, 2.75) is 25.8 Å². The number of hydrogen-bond acceptors (Lipinski definition) is 3. The molecule has 0 bridgehead atoms. The zero-order valence-electron chi connectivity index (χ0n) is 16.3. The van der Waals surface area contributed by atoms with Crippen molar-refractivity contribution < 1.29 is 9.53 Å². The summed E-state index contributed by atoms with van der Waals surface area (Å²) in [4.78, 5) is 14.0. The SMILES string of the molecule is COc1ccc(C=CCN2C[C@@H](NC(C)=O)[C@H](c3ccc(C)cc3)C2)cc1. The maximum Gasteiger partial charge on any atom is 0.217 e. The van der Waals surface area contributed by atoms with Gasteiger partial charge in [-0.2, -0.15) is 0 Å². The van der Waals surface area contributed by atoms with E-state index in [9.17, 15) is 4.79 Å². The average molecular weight is 364 g/mol. The molecule has 27 heavy (non-hydrogen) atoms. The van der Waals surface area contributed by atoms with Crippen molar-refractivity contribution in [1.82, 2.24) is 10.2 Å². The number of likely N-dealkylation sites (tertiary alicyclic amines) is 1. The van der Waals surface area contributed by atoms with Crippen LogP contribution in [0.3, 0.4) is 0 Å². The van der Waals surface area contributed by atoms with Crippen LogP contribution in [0, 0.1) is 6.92 Å².